The maximum absolute atomic E-state index is 13.5. The number of amidine groups is 1. The van der Waals surface area contributed by atoms with E-state index >= 15 is 0 Å². The number of carbonyl (C=O) groups excluding carboxylic acids is 1. The largest absolute Gasteiger partial charge is 0.493 e. The van der Waals surface area contributed by atoms with E-state index < -0.39 is 0 Å². The summed E-state index contributed by atoms with van der Waals surface area (Å²) >= 11 is 13.6. The smallest absolute Gasteiger partial charge is 0.271 e. The molecule has 1 saturated heterocycles. The van der Waals surface area contributed by atoms with Gasteiger partial charge in [-0.3, -0.25) is 9.69 Å². The fourth-order valence-electron chi connectivity index (χ4n) is 3.81. The summed E-state index contributed by atoms with van der Waals surface area (Å²) in [6.07, 6.45) is 1.83. The number of thioether (sulfide) groups is 1. The summed E-state index contributed by atoms with van der Waals surface area (Å²) in [5.74, 6) is 0.953. The summed E-state index contributed by atoms with van der Waals surface area (Å²) < 4.78 is 11.5. The molecule has 1 aliphatic heterocycles. The Labute approximate surface area is 235 Å². The lowest BCUT2D eigenvalue weighted by molar-refractivity contribution is -0.113. The second-order valence-corrected chi connectivity index (χ2v) is 10.1. The number of aliphatic imine (C=N–C) groups is 1. The molecule has 1 fully saturated rings. The van der Waals surface area contributed by atoms with E-state index in [1.54, 1.807) is 24.1 Å². The van der Waals surface area contributed by atoms with Gasteiger partial charge in [0.05, 0.1) is 23.4 Å². The molecule has 0 bridgehead atoms. The number of methoxy groups -OCH3 is 1. The number of benzene rings is 4. The van der Waals surface area contributed by atoms with Gasteiger partial charge in [0.2, 0.25) is 0 Å². The van der Waals surface area contributed by atoms with Gasteiger partial charge in [-0.15, -0.1) is 0 Å². The third kappa shape index (κ3) is 5.89. The Kier molecular flexibility index (Phi) is 8.03. The highest BCUT2D eigenvalue weighted by Crippen LogP contribution is 2.38. The van der Waals surface area contributed by atoms with Crippen molar-refractivity contribution in [3.05, 3.63) is 123 Å². The predicted octanol–water partition coefficient (Wildman–Crippen LogP) is 8.39. The van der Waals surface area contributed by atoms with Crippen LogP contribution in [0.3, 0.4) is 0 Å². The van der Waals surface area contributed by atoms with Gasteiger partial charge in [0.25, 0.3) is 5.91 Å². The molecule has 1 aliphatic rings. The Morgan fingerprint density at radius 2 is 1.63 bits per heavy atom. The Morgan fingerprint density at radius 3 is 2.34 bits per heavy atom. The van der Waals surface area contributed by atoms with Gasteiger partial charge in [0.1, 0.15) is 6.61 Å². The van der Waals surface area contributed by atoms with Crippen LogP contribution in [-0.2, 0) is 11.4 Å². The number of anilines is 1. The van der Waals surface area contributed by atoms with Gasteiger partial charge in [-0.25, -0.2) is 4.99 Å². The van der Waals surface area contributed by atoms with Gasteiger partial charge in [-0.1, -0.05) is 71.7 Å². The average Bonchev–Trinajstić information content (AvgIpc) is 3.23. The van der Waals surface area contributed by atoms with E-state index in [1.807, 2.05) is 91.0 Å². The van der Waals surface area contributed by atoms with Crippen LogP contribution in [0, 0.1) is 0 Å². The molecule has 0 radical (unpaired) electrons. The van der Waals surface area contributed by atoms with Crippen LogP contribution < -0.4 is 14.4 Å². The minimum Gasteiger partial charge on any atom is -0.493 e. The van der Waals surface area contributed by atoms with Crippen molar-refractivity contribution < 1.29 is 14.3 Å². The quantitative estimate of drug-likeness (QED) is 0.213. The topological polar surface area (TPSA) is 51.1 Å². The second kappa shape index (κ2) is 11.8. The Bertz CT molecular complexity index is 1530. The number of rotatable bonds is 7. The first-order valence-electron chi connectivity index (χ1n) is 11.7. The summed E-state index contributed by atoms with van der Waals surface area (Å²) in [5.41, 5.74) is 3.13. The van der Waals surface area contributed by atoms with Crippen molar-refractivity contribution in [1.82, 2.24) is 0 Å². The standard InChI is InChI=1S/C30H22Cl2N2O3S/c1-36-27-16-20(12-15-26(27)37-19-21-13-14-22(31)18-25(21)32)17-28-29(35)34(24-10-6-3-7-11-24)30(38-28)33-23-8-4-2-5-9-23/h2-18H,19H2,1H3. The van der Waals surface area contributed by atoms with E-state index in [1.165, 1.54) is 11.8 Å². The average molecular weight is 561 g/mol. The first-order valence-corrected chi connectivity index (χ1v) is 13.3. The zero-order valence-electron chi connectivity index (χ0n) is 20.3. The molecule has 0 atom stereocenters. The molecular weight excluding hydrogens is 539 g/mol. The van der Waals surface area contributed by atoms with E-state index in [0.717, 1.165) is 22.5 Å². The summed E-state index contributed by atoms with van der Waals surface area (Å²) in [7, 11) is 1.58. The Balaban J connectivity index is 1.42. The maximum Gasteiger partial charge on any atom is 0.271 e. The van der Waals surface area contributed by atoms with E-state index in [9.17, 15) is 4.79 Å². The van der Waals surface area contributed by atoms with Crippen molar-refractivity contribution >= 4 is 63.5 Å². The van der Waals surface area contributed by atoms with Crippen LogP contribution in [0.25, 0.3) is 6.08 Å². The summed E-state index contributed by atoms with van der Waals surface area (Å²) in [4.78, 5) is 20.5. The molecular formula is C30H22Cl2N2O3S. The van der Waals surface area contributed by atoms with Crippen LogP contribution in [0.4, 0.5) is 11.4 Å². The molecule has 0 saturated carbocycles. The normalized spacial score (nSPS) is 15.3. The summed E-state index contributed by atoms with van der Waals surface area (Å²) in [6.45, 7) is 0.256. The van der Waals surface area contributed by atoms with Gasteiger partial charge < -0.3 is 9.47 Å². The molecule has 0 N–H and O–H groups in total. The van der Waals surface area contributed by atoms with Crippen molar-refractivity contribution in [1.29, 1.82) is 0 Å². The highest BCUT2D eigenvalue weighted by atomic mass is 35.5. The molecule has 0 aromatic heterocycles. The lowest BCUT2D eigenvalue weighted by atomic mass is 10.1. The van der Waals surface area contributed by atoms with Crippen LogP contribution in [0.1, 0.15) is 11.1 Å². The van der Waals surface area contributed by atoms with Crippen molar-refractivity contribution in [2.24, 2.45) is 4.99 Å². The molecule has 5 nitrogen and oxygen atoms in total. The molecule has 0 spiro atoms. The zero-order chi connectivity index (χ0) is 26.5. The SMILES string of the molecule is COc1cc(C=C2SC(=Nc3ccccc3)N(c3ccccc3)C2=O)ccc1OCc1ccc(Cl)cc1Cl. The molecule has 1 amide bonds. The van der Waals surface area contributed by atoms with Crippen LogP contribution in [0.2, 0.25) is 10.0 Å². The van der Waals surface area contributed by atoms with Gasteiger partial charge in [-0.05, 0) is 71.9 Å². The fourth-order valence-corrected chi connectivity index (χ4v) is 5.27. The molecule has 38 heavy (non-hydrogen) atoms. The number of nitrogens with zero attached hydrogens (tertiary/aromatic N) is 2. The minimum absolute atomic E-state index is 0.146. The predicted molar refractivity (Wildman–Crippen MR) is 157 cm³/mol. The fraction of sp³-hybridized carbons (Fsp3) is 0.0667. The van der Waals surface area contributed by atoms with Crippen LogP contribution in [-0.4, -0.2) is 18.2 Å². The number of ether oxygens (including phenoxy) is 2. The van der Waals surface area contributed by atoms with Crippen molar-refractivity contribution in [3.63, 3.8) is 0 Å². The lowest BCUT2D eigenvalue weighted by Gasteiger charge is -2.15. The van der Waals surface area contributed by atoms with Crippen LogP contribution in [0.15, 0.2) is 107 Å². The monoisotopic (exact) mass is 560 g/mol. The number of carbonyl (C=O) groups is 1. The molecule has 4 aromatic rings. The van der Waals surface area contributed by atoms with Crippen LogP contribution >= 0.6 is 35.0 Å². The number of hydrogen-bond acceptors (Lipinski definition) is 5. The zero-order valence-corrected chi connectivity index (χ0v) is 22.6. The first kappa shape index (κ1) is 25.9. The molecule has 4 aromatic carbocycles. The third-order valence-electron chi connectivity index (χ3n) is 5.69. The van der Waals surface area contributed by atoms with Gasteiger partial charge in [-0.2, -0.15) is 0 Å². The van der Waals surface area contributed by atoms with Crippen molar-refractivity contribution in [3.8, 4) is 11.5 Å². The molecule has 0 aliphatic carbocycles. The summed E-state index contributed by atoms with van der Waals surface area (Å²) in [5, 5.41) is 1.69. The number of hydrogen-bond donors (Lipinski definition) is 0. The second-order valence-electron chi connectivity index (χ2n) is 8.25. The van der Waals surface area contributed by atoms with Gasteiger partial charge in [0, 0.05) is 15.6 Å². The lowest BCUT2D eigenvalue weighted by Crippen LogP contribution is -2.28. The molecule has 5 rings (SSSR count). The minimum atomic E-state index is -0.146. The van der Waals surface area contributed by atoms with Crippen molar-refractivity contribution in [2.45, 2.75) is 6.61 Å². The third-order valence-corrected chi connectivity index (χ3v) is 7.24. The van der Waals surface area contributed by atoms with E-state index in [4.69, 9.17) is 37.7 Å². The van der Waals surface area contributed by atoms with Gasteiger partial charge in [0.15, 0.2) is 16.7 Å². The van der Waals surface area contributed by atoms with E-state index in [2.05, 4.69) is 0 Å². The van der Waals surface area contributed by atoms with Crippen LogP contribution in [0.5, 0.6) is 11.5 Å². The molecule has 0 unspecified atom stereocenters. The summed E-state index contributed by atoms with van der Waals surface area (Å²) in [6, 6.07) is 29.9. The van der Waals surface area contributed by atoms with E-state index in [0.29, 0.717) is 31.6 Å². The first-order chi connectivity index (χ1) is 18.5. The van der Waals surface area contributed by atoms with E-state index in [-0.39, 0.29) is 12.5 Å². The highest BCUT2D eigenvalue weighted by Gasteiger charge is 2.34. The molecule has 1 heterocycles. The van der Waals surface area contributed by atoms with Gasteiger partial charge >= 0.3 is 0 Å². The highest BCUT2D eigenvalue weighted by molar-refractivity contribution is 8.19. The number of amides is 1. The number of halogens is 2. The Hall–Kier alpha value is -3.71. The maximum atomic E-state index is 13.5. The molecule has 190 valence electrons. The Morgan fingerprint density at radius 1 is 0.895 bits per heavy atom. The molecule has 8 heteroatoms. The van der Waals surface area contributed by atoms with Crippen molar-refractivity contribution in [2.75, 3.05) is 12.0 Å². The number of para-hydroxylation sites is 2.